The lowest BCUT2D eigenvalue weighted by atomic mass is 10.1. The van der Waals surface area contributed by atoms with Crippen LogP contribution >= 0.6 is 0 Å². The highest BCUT2D eigenvalue weighted by Crippen LogP contribution is 2.35. The SMILES string of the molecule is CC(NC1COc2cc(O)ccc21)c1ccncc1. The number of rotatable bonds is 3. The molecule has 0 radical (unpaired) electrons. The summed E-state index contributed by atoms with van der Waals surface area (Å²) in [7, 11) is 0. The molecule has 1 aliphatic rings. The minimum absolute atomic E-state index is 0.152. The lowest BCUT2D eigenvalue weighted by molar-refractivity contribution is 0.300. The number of hydrogen-bond acceptors (Lipinski definition) is 4. The van der Waals surface area contributed by atoms with Crippen molar-refractivity contribution in [3.63, 3.8) is 0 Å². The van der Waals surface area contributed by atoms with Crippen molar-refractivity contribution in [3.05, 3.63) is 53.9 Å². The van der Waals surface area contributed by atoms with Crippen molar-refractivity contribution in [2.75, 3.05) is 6.61 Å². The smallest absolute Gasteiger partial charge is 0.127 e. The number of phenolic OH excluding ortho intramolecular Hbond substituents is 1. The molecule has 0 bridgehead atoms. The van der Waals surface area contributed by atoms with E-state index in [2.05, 4.69) is 17.2 Å². The van der Waals surface area contributed by atoms with Gasteiger partial charge >= 0.3 is 0 Å². The van der Waals surface area contributed by atoms with Gasteiger partial charge in [-0.1, -0.05) is 0 Å². The Hall–Kier alpha value is -2.07. The summed E-state index contributed by atoms with van der Waals surface area (Å²) in [6.07, 6.45) is 3.59. The fourth-order valence-corrected chi connectivity index (χ4v) is 2.39. The van der Waals surface area contributed by atoms with E-state index < -0.39 is 0 Å². The Morgan fingerprint density at radius 1 is 1.32 bits per heavy atom. The molecule has 3 rings (SSSR count). The molecule has 0 saturated heterocycles. The topological polar surface area (TPSA) is 54.4 Å². The molecule has 4 heteroatoms. The highest BCUT2D eigenvalue weighted by Gasteiger charge is 2.25. The van der Waals surface area contributed by atoms with Crippen LogP contribution in [-0.4, -0.2) is 16.7 Å². The van der Waals surface area contributed by atoms with Crippen molar-refractivity contribution in [3.8, 4) is 11.5 Å². The van der Waals surface area contributed by atoms with Crippen LogP contribution in [0.2, 0.25) is 0 Å². The molecule has 2 unspecified atom stereocenters. The second kappa shape index (κ2) is 4.90. The summed E-state index contributed by atoms with van der Waals surface area (Å²) in [5.41, 5.74) is 2.29. The van der Waals surface area contributed by atoms with Gasteiger partial charge in [-0.25, -0.2) is 0 Å². The van der Waals surface area contributed by atoms with Crippen LogP contribution in [-0.2, 0) is 0 Å². The first-order chi connectivity index (χ1) is 9.24. The summed E-state index contributed by atoms with van der Waals surface area (Å²) in [5.74, 6) is 1.00. The van der Waals surface area contributed by atoms with Gasteiger partial charge in [-0.15, -0.1) is 0 Å². The Bertz CT molecular complexity index is 572. The second-order valence-corrected chi connectivity index (χ2v) is 4.75. The molecular weight excluding hydrogens is 240 g/mol. The number of benzene rings is 1. The van der Waals surface area contributed by atoms with Gasteiger partial charge in [0, 0.05) is 30.1 Å². The van der Waals surface area contributed by atoms with Gasteiger partial charge in [0.25, 0.3) is 0 Å². The van der Waals surface area contributed by atoms with Gasteiger partial charge in [0.15, 0.2) is 0 Å². The number of fused-ring (bicyclic) bond motifs is 1. The third-order valence-electron chi connectivity index (χ3n) is 3.44. The van der Waals surface area contributed by atoms with Gasteiger partial charge in [-0.2, -0.15) is 0 Å². The molecule has 1 aromatic carbocycles. The predicted octanol–water partition coefficient (Wildman–Crippen LogP) is 2.57. The van der Waals surface area contributed by atoms with Crippen molar-refractivity contribution in [1.82, 2.24) is 10.3 Å². The van der Waals surface area contributed by atoms with E-state index in [1.165, 1.54) is 5.56 Å². The van der Waals surface area contributed by atoms with Crippen LogP contribution in [0.1, 0.15) is 30.1 Å². The summed E-state index contributed by atoms with van der Waals surface area (Å²) in [6.45, 7) is 2.71. The largest absolute Gasteiger partial charge is 0.508 e. The molecule has 2 atom stereocenters. The number of aromatic hydroxyl groups is 1. The Labute approximate surface area is 112 Å². The van der Waals surface area contributed by atoms with Crippen molar-refractivity contribution in [2.24, 2.45) is 0 Å². The van der Waals surface area contributed by atoms with Crippen LogP contribution in [0.3, 0.4) is 0 Å². The third kappa shape index (κ3) is 2.39. The lowest BCUT2D eigenvalue weighted by Crippen LogP contribution is -2.25. The first-order valence-electron chi connectivity index (χ1n) is 6.36. The third-order valence-corrected chi connectivity index (χ3v) is 3.44. The lowest BCUT2D eigenvalue weighted by Gasteiger charge is -2.19. The van der Waals surface area contributed by atoms with Gasteiger partial charge < -0.3 is 15.2 Å². The van der Waals surface area contributed by atoms with Crippen LogP contribution in [0.25, 0.3) is 0 Å². The normalized spacial score (nSPS) is 18.7. The Morgan fingerprint density at radius 2 is 2.11 bits per heavy atom. The molecule has 98 valence electrons. The maximum atomic E-state index is 9.44. The van der Waals surface area contributed by atoms with Crippen LogP contribution in [0.15, 0.2) is 42.7 Å². The molecular formula is C15H16N2O2. The van der Waals surface area contributed by atoms with Gasteiger partial charge in [-0.05, 0) is 36.8 Å². The summed E-state index contributed by atoms with van der Waals surface area (Å²) in [5, 5.41) is 13.0. The Balaban J connectivity index is 1.76. The predicted molar refractivity (Wildman–Crippen MR) is 72.1 cm³/mol. The van der Waals surface area contributed by atoms with E-state index in [0.29, 0.717) is 6.61 Å². The first kappa shape index (κ1) is 12.0. The minimum Gasteiger partial charge on any atom is -0.508 e. The van der Waals surface area contributed by atoms with Crippen LogP contribution in [0.5, 0.6) is 11.5 Å². The molecule has 0 saturated carbocycles. The summed E-state index contributed by atoms with van der Waals surface area (Å²) in [4.78, 5) is 4.02. The second-order valence-electron chi connectivity index (χ2n) is 4.75. The monoisotopic (exact) mass is 256 g/mol. The molecule has 1 aromatic heterocycles. The van der Waals surface area contributed by atoms with Gasteiger partial charge in [-0.3, -0.25) is 4.98 Å². The van der Waals surface area contributed by atoms with Gasteiger partial charge in [0.1, 0.15) is 18.1 Å². The number of nitrogens with one attached hydrogen (secondary N) is 1. The van der Waals surface area contributed by atoms with Gasteiger partial charge in [0.05, 0.1) is 6.04 Å². The fraction of sp³-hybridized carbons (Fsp3) is 0.267. The van der Waals surface area contributed by atoms with Crippen LogP contribution < -0.4 is 10.1 Å². The standard InChI is InChI=1S/C15H16N2O2/c1-10(11-4-6-16-7-5-11)17-14-9-19-15-8-12(18)2-3-13(14)15/h2-8,10,14,17-18H,9H2,1H3. The number of hydrogen-bond donors (Lipinski definition) is 2. The van der Waals surface area contributed by atoms with E-state index >= 15 is 0 Å². The molecule has 2 aromatic rings. The van der Waals surface area contributed by atoms with Crippen LogP contribution in [0, 0.1) is 0 Å². The fourth-order valence-electron chi connectivity index (χ4n) is 2.39. The maximum Gasteiger partial charge on any atom is 0.127 e. The van der Waals surface area contributed by atoms with Crippen molar-refractivity contribution >= 4 is 0 Å². The van der Waals surface area contributed by atoms with E-state index in [1.54, 1.807) is 24.5 Å². The number of aromatic nitrogens is 1. The number of nitrogens with zero attached hydrogens (tertiary/aromatic N) is 1. The number of ether oxygens (including phenoxy) is 1. The molecule has 1 aliphatic heterocycles. The number of pyridine rings is 1. The average molecular weight is 256 g/mol. The first-order valence-corrected chi connectivity index (χ1v) is 6.36. The van der Waals surface area contributed by atoms with Gasteiger partial charge in [0.2, 0.25) is 0 Å². The van der Waals surface area contributed by atoms with E-state index in [-0.39, 0.29) is 17.8 Å². The molecule has 0 fully saturated rings. The molecule has 0 aliphatic carbocycles. The molecule has 2 heterocycles. The minimum atomic E-state index is 0.152. The maximum absolute atomic E-state index is 9.44. The van der Waals surface area contributed by atoms with Crippen molar-refractivity contribution in [1.29, 1.82) is 0 Å². The van der Waals surface area contributed by atoms with E-state index in [4.69, 9.17) is 4.74 Å². The quantitative estimate of drug-likeness (QED) is 0.886. The Kier molecular flexibility index (Phi) is 3.09. The highest BCUT2D eigenvalue weighted by atomic mass is 16.5. The summed E-state index contributed by atoms with van der Waals surface area (Å²) in [6, 6.07) is 9.65. The highest BCUT2D eigenvalue weighted by molar-refractivity contribution is 5.44. The zero-order valence-corrected chi connectivity index (χ0v) is 10.7. The van der Waals surface area contributed by atoms with Crippen LogP contribution in [0.4, 0.5) is 0 Å². The Morgan fingerprint density at radius 3 is 2.89 bits per heavy atom. The zero-order chi connectivity index (χ0) is 13.2. The molecule has 19 heavy (non-hydrogen) atoms. The zero-order valence-electron chi connectivity index (χ0n) is 10.7. The summed E-state index contributed by atoms with van der Waals surface area (Å²) >= 11 is 0. The molecule has 4 nitrogen and oxygen atoms in total. The number of phenols is 1. The average Bonchev–Trinajstić information content (AvgIpc) is 2.82. The van der Waals surface area contributed by atoms with Crippen molar-refractivity contribution in [2.45, 2.75) is 19.0 Å². The molecule has 0 amide bonds. The van der Waals surface area contributed by atoms with E-state index in [1.807, 2.05) is 18.2 Å². The molecule has 2 N–H and O–H groups in total. The molecule has 0 spiro atoms. The van der Waals surface area contributed by atoms with E-state index in [0.717, 1.165) is 11.3 Å². The van der Waals surface area contributed by atoms with Crippen molar-refractivity contribution < 1.29 is 9.84 Å². The van der Waals surface area contributed by atoms with E-state index in [9.17, 15) is 5.11 Å². The summed E-state index contributed by atoms with van der Waals surface area (Å²) < 4.78 is 5.59.